The summed E-state index contributed by atoms with van der Waals surface area (Å²) >= 11 is 1.02. The maximum atomic E-state index is 13.5. The van der Waals surface area contributed by atoms with E-state index in [1.165, 1.54) is 12.1 Å². The van der Waals surface area contributed by atoms with E-state index in [1.807, 2.05) is 67.3 Å². The molecule has 3 heterocycles. The van der Waals surface area contributed by atoms with Crippen LogP contribution in [0.1, 0.15) is 67.3 Å². The molecule has 4 aromatic rings. The van der Waals surface area contributed by atoms with Crippen LogP contribution in [0.25, 0.3) is 21.2 Å². The highest BCUT2D eigenvalue weighted by molar-refractivity contribution is 7.52. The maximum Gasteiger partial charge on any atom is 0.399 e. The Morgan fingerprint density at radius 1 is 0.982 bits per heavy atom. The van der Waals surface area contributed by atoms with Gasteiger partial charge in [0.15, 0.2) is 0 Å². The molecule has 2 fully saturated rings. The lowest BCUT2D eigenvalue weighted by Crippen LogP contribution is -2.44. The number of hydrogen-bond donors (Lipinski definition) is 5. The summed E-state index contributed by atoms with van der Waals surface area (Å²) in [4.78, 5) is 77.5. The fourth-order valence-electron chi connectivity index (χ4n) is 6.11. The normalized spacial score (nSPS) is 15.3. The van der Waals surface area contributed by atoms with E-state index in [-0.39, 0.29) is 34.4 Å². The zero-order valence-electron chi connectivity index (χ0n) is 31.7. The third-order valence-electron chi connectivity index (χ3n) is 9.00. The number of likely N-dealkylation sites (N-methyl/N-ethyl adjacent to an activating group) is 1. The lowest BCUT2D eigenvalue weighted by atomic mass is 10.00. The SMILES string of the molecule is CC.CC(=O)N1CCC(=O)N2CCCC2CC1.CNC(=O)Cc1cc(-c2ccccc2)ccc1NC=O.NC(=O)c1cc2cc(C(F)(F)P(=O)(O)O)ccc2s1. The summed E-state index contributed by atoms with van der Waals surface area (Å²) in [7, 11) is -4.01. The topological polar surface area (TPSA) is 199 Å². The van der Waals surface area contributed by atoms with Gasteiger partial charge in [-0.3, -0.25) is 28.5 Å². The van der Waals surface area contributed by atoms with Crippen LogP contribution >= 0.6 is 18.9 Å². The van der Waals surface area contributed by atoms with E-state index in [1.54, 1.807) is 18.9 Å². The predicted octanol–water partition coefficient (Wildman–Crippen LogP) is 6.08. The van der Waals surface area contributed by atoms with Crippen LogP contribution in [-0.4, -0.2) is 82.3 Å². The third-order valence-corrected chi connectivity index (χ3v) is 11.1. The van der Waals surface area contributed by atoms with Gasteiger partial charge in [0, 0.05) is 62.0 Å². The molecule has 6 rings (SSSR count). The van der Waals surface area contributed by atoms with Crippen molar-refractivity contribution in [3.63, 3.8) is 0 Å². The molecule has 3 aromatic carbocycles. The van der Waals surface area contributed by atoms with E-state index in [4.69, 9.17) is 15.5 Å². The molecule has 302 valence electrons. The van der Waals surface area contributed by atoms with Gasteiger partial charge in [-0.25, -0.2) is 0 Å². The second-order valence-corrected chi connectivity index (χ2v) is 15.3. The van der Waals surface area contributed by atoms with Gasteiger partial charge < -0.3 is 36.0 Å². The van der Waals surface area contributed by atoms with E-state index >= 15 is 0 Å². The summed E-state index contributed by atoms with van der Waals surface area (Å²) in [5.74, 6) is -0.466. The number of carbonyl (C=O) groups is 5. The summed E-state index contributed by atoms with van der Waals surface area (Å²) < 4.78 is 38.3. The van der Waals surface area contributed by atoms with Crippen molar-refractivity contribution in [2.75, 3.05) is 32.0 Å². The van der Waals surface area contributed by atoms with Crippen LogP contribution in [0.3, 0.4) is 0 Å². The minimum Gasteiger partial charge on any atom is -0.365 e. The van der Waals surface area contributed by atoms with Gasteiger partial charge in [0.2, 0.25) is 24.1 Å². The van der Waals surface area contributed by atoms with Gasteiger partial charge in [-0.1, -0.05) is 56.3 Å². The number of thiophene rings is 1. The van der Waals surface area contributed by atoms with Crippen LogP contribution in [0.15, 0.2) is 72.8 Å². The Morgan fingerprint density at radius 3 is 2.29 bits per heavy atom. The Morgan fingerprint density at radius 2 is 1.68 bits per heavy atom. The number of fused-ring (bicyclic) bond motifs is 2. The van der Waals surface area contributed by atoms with Gasteiger partial charge in [0.25, 0.3) is 5.91 Å². The van der Waals surface area contributed by atoms with E-state index in [2.05, 4.69) is 10.6 Å². The molecule has 13 nitrogen and oxygen atoms in total. The van der Waals surface area contributed by atoms with Gasteiger partial charge in [-0.15, -0.1) is 11.3 Å². The number of hydrogen-bond acceptors (Lipinski definition) is 7. The highest BCUT2D eigenvalue weighted by atomic mass is 32.1. The zero-order chi connectivity index (χ0) is 41.6. The van der Waals surface area contributed by atoms with Crippen molar-refractivity contribution in [1.82, 2.24) is 15.1 Å². The molecule has 0 spiro atoms. The van der Waals surface area contributed by atoms with E-state index in [9.17, 15) is 37.3 Å². The maximum absolute atomic E-state index is 13.5. The first-order chi connectivity index (χ1) is 26.5. The summed E-state index contributed by atoms with van der Waals surface area (Å²) in [5.41, 5.74) is 3.53. The Labute approximate surface area is 328 Å². The summed E-state index contributed by atoms with van der Waals surface area (Å²) in [5, 5.41) is 5.49. The number of halogens is 2. The molecule has 1 unspecified atom stereocenters. The summed E-state index contributed by atoms with van der Waals surface area (Å²) in [6, 6.07) is 20.4. The van der Waals surface area contributed by atoms with Crippen LogP contribution in [-0.2, 0) is 35.8 Å². The number of carbonyl (C=O) groups excluding carboxylic acids is 5. The quantitative estimate of drug-likeness (QED) is 0.104. The minimum absolute atomic E-state index is 0.0919. The number of nitrogens with two attached hydrogens (primary N) is 1. The molecule has 5 amide bonds. The van der Waals surface area contributed by atoms with E-state index < -0.39 is 24.7 Å². The van der Waals surface area contributed by atoms with Crippen molar-refractivity contribution in [1.29, 1.82) is 0 Å². The average Bonchev–Trinajstić information content (AvgIpc) is 3.83. The van der Waals surface area contributed by atoms with Crippen LogP contribution in [0.4, 0.5) is 14.5 Å². The molecule has 0 bridgehead atoms. The lowest BCUT2D eigenvalue weighted by Gasteiger charge is -2.31. The van der Waals surface area contributed by atoms with Gasteiger partial charge in [-0.05, 0) is 71.7 Å². The highest BCUT2D eigenvalue weighted by Crippen LogP contribution is 2.59. The number of rotatable bonds is 8. The first-order valence-corrected chi connectivity index (χ1v) is 20.4. The second-order valence-electron chi connectivity index (χ2n) is 12.6. The van der Waals surface area contributed by atoms with E-state index in [0.717, 1.165) is 72.5 Å². The monoisotopic (exact) mass is 815 g/mol. The average molecular weight is 816 g/mol. The molecule has 2 aliphatic heterocycles. The van der Waals surface area contributed by atoms with Gasteiger partial charge in [0.05, 0.1) is 11.3 Å². The standard InChI is InChI=1S/C16H16N2O2.C11H18N2O2.C10H8F2NO4PS.C2H6/c1-17-16(20)10-14-9-13(7-8-15(14)18-11-19)12-5-3-2-4-6-12;1-9(14)12-7-4-10-3-2-6-13(10)11(15)5-8-12;11-10(12,18(15,16)17)6-1-2-7-5(3-6)4-8(19-7)9(13)14;1-2/h2-9,11H,10H2,1H3,(H,17,20)(H,18,19);10H,2-8H2,1H3;1-4H,(H2,13,14)(H2,15,16,17);1-2H3. The van der Waals surface area contributed by atoms with Crippen molar-refractivity contribution in [2.24, 2.45) is 5.73 Å². The fourth-order valence-corrected chi connectivity index (χ4v) is 7.48. The van der Waals surface area contributed by atoms with Crippen molar-refractivity contribution in [3.8, 4) is 11.1 Å². The number of nitrogens with one attached hydrogen (secondary N) is 2. The molecule has 0 aliphatic carbocycles. The molecule has 17 heteroatoms. The molecule has 1 aromatic heterocycles. The first kappa shape index (κ1) is 45.4. The first-order valence-electron chi connectivity index (χ1n) is 18.0. The van der Waals surface area contributed by atoms with Gasteiger partial charge >= 0.3 is 13.3 Å². The number of alkyl halides is 2. The molecule has 2 aliphatic rings. The molecule has 1 atom stereocenters. The Hall–Kier alpha value is -5.02. The zero-order valence-corrected chi connectivity index (χ0v) is 33.4. The van der Waals surface area contributed by atoms with E-state index in [0.29, 0.717) is 35.8 Å². The number of nitrogens with zero attached hydrogens (tertiary/aromatic N) is 2. The number of anilines is 1. The Kier molecular flexibility index (Phi) is 16.8. The second kappa shape index (κ2) is 20.8. The van der Waals surface area contributed by atoms with Crippen molar-refractivity contribution < 1.29 is 47.1 Å². The Balaban J connectivity index is 0.000000222. The molecular formula is C39H48F2N5O8PS. The number of benzene rings is 3. The van der Waals surface area contributed by atoms with Gasteiger partial charge in [-0.2, -0.15) is 8.78 Å². The van der Waals surface area contributed by atoms with Crippen molar-refractivity contribution >= 4 is 64.7 Å². The molecule has 6 N–H and O–H groups in total. The fraction of sp³-hybridized carbons (Fsp3) is 0.359. The Bertz CT molecular complexity index is 2040. The minimum atomic E-state index is -5.60. The summed E-state index contributed by atoms with van der Waals surface area (Å²) in [6.07, 6.45) is 4.52. The highest BCUT2D eigenvalue weighted by Gasteiger charge is 2.50. The largest absolute Gasteiger partial charge is 0.399 e. The van der Waals surface area contributed by atoms with Crippen molar-refractivity contribution in [3.05, 3.63) is 88.8 Å². The third kappa shape index (κ3) is 12.0. The molecule has 2 saturated heterocycles. The predicted molar refractivity (Wildman–Crippen MR) is 213 cm³/mol. The molecule has 0 radical (unpaired) electrons. The summed E-state index contributed by atoms with van der Waals surface area (Å²) in [6.45, 7) is 7.91. The molecule has 56 heavy (non-hydrogen) atoms. The van der Waals surface area contributed by atoms with Gasteiger partial charge in [0.1, 0.15) is 0 Å². The number of amides is 5. The van der Waals surface area contributed by atoms with Crippen LogP contribution < -0.4 is 16.4 Å². The number of primary amides is 1. The van der Waals surface area contributed by atoms with Crippen molar-refractivity contribution in [2.45, 2.75) is 64.6 Å². The lowest BCUT2D eigenvalue weighted by molar-refractivity contribution is -0.136. The van der Waals surface area contributed by atoms with Crippen LogP contribution in [0, 0.1) is 0 Å². The van der Waals surface area contributed by atoms with Crippen LogP contribution in [0.5, 0.6) is 0 Å². The molecular weight excluding hydrogens is 767 g/mol. The smallest absolute Gasteiger partial charge is 0.365 e. The molecule has 0 saturated carbocycles. The van der Waals surface area contributed by atoms with Crippen LogP contribution in [0.2, 0.25) is 0 Å².